The van der Waals surface area contributed by atoms with Gasteiger partial charge in [0, 0.05) is 17.8 Å². The molecule has 12 heteroatoms. The molecule has 4 rings (SSSR count). The Kier molecular flexibility index (Phi) is 5.32. The van der Waals surface area contributed by atoms with E-state index in [1.807, 2.05) is 0 Å². The van der Waals surface area contributed by atoms with Gasteiger partial charge < -0.3 is 19.2 Å². The molecule has 3 amide bonds. The van der Waals surface area contributed by atoms with Gasteiger partial charge in [0.15, 0.2) is 22.5 Å². The average molecular weight is 400 g/mol. The Balaban J connectivity index is 0.00000210. The molecule has 0 aliphatic carbocycles. The van der Waals surface area contributed by atoms with Crippen LogP contribution < -0.4 is 34.9 Å². The fourth-order valence-electron chi connectivity index (χ4n) is 3.34. The fraction of sp³-hybridized carbons (Fsp3) is 0.267. The zero-order valence-corrected chi connectivity index (χ0v) is 17.0. The third-order valence-electron chi connectivity index (χ3n) is 4.47. The summed E-state index contributed by atoms with van der Waals surface area (Å²) >= 11 is 0. The van der Waals surface area contributed by atoms with Gasteiger partial charge in [-0.3, -0.25) is 4.79 Å². The maximum absolute atomic E-state index is 12.5. The summed E-state index contributed by atoms with van der Waals surface area (Å²) in [6.45, 7) is 0.181. The number of aromatic nitrogens is 1. The topological polar surface area (TPSA) is 136 Å². The van der Waals surface area contributed by atoms with Gasteiger partial charge in [0.25, 0.3) is 5.91 Å². The molecule has 0 bridgehead atoms. The van der Waals surface area contributed by atoms with Crippen molar-refractivity contribution in [2.75, 3.05) is 11.9 Å². The molecular weight excluding hydrogens is 387 g/mol. The molecular formula is C15H13N4NaO6S. The number of nitrogens with one attached hydrogen (secondary N) is 1. The van der Waals surface area contributed by atoms with Gasteiger partial charge in [-0.25, -0.2) is 22.5 Å². The summed E-state index contributed by atoms with van der Waals surface area (Å²) in [6, 6.07) is 4.62. The van der Waals surface area contributed by atoms with Crippen LogP contribution in [0.4, 0.5) is 10.5 Å². The Bertz CT molecular complexity index is 980. The standard InChI is InChI=1S/C15H14N4O6S.Na/c20-14-13-11(19(14)26(22,23)24)4-5-18(13)15(21)17-10-3-1-2-9(6-10)12-7-16-8-25-12;/h1-3,6-8,11,13H,4-5H2,(H,17,21)(H,22,23,24);/q;+1/p-1/t11-,13+;/m1./s1. The zero-order chi connectivity index (χ0) is 18.5. The summed E-state index contributed by atoms with van der Waals surface area (Å²) < 4.78 is 38.8. The van der Waals surface area contributed by atoms with Crippen LogP contribution in [-0.2, 0) is 15.1 Å². The van der Waals surface area contributed by atoms with E-state index in [4.69, 9.17) is 4.42 Å². The minimum atomic E-state index is -4.85. The second-order valence-corrected chi connectivity index (χ2v) is 7.21. The SMILES string of the molecule is O=C(Nc1cccc(-c2cnco2)c1)N1CC[C@@H]2[C@H]1C(=O)N2S(=O)(=O)[O-].[Na+]. The van der Waals surface area contributed by atoms with E-state index < -0.39 is 34.3 Å². The molecule has 10 nitrogen and oxygen atoms in total. The quantitative estimate of drug-likeness (QED) is 0.345. The van der Waals surface area contributed by atoms with Crippen molar-refractivity contribution in [1.82, 2.24) is 14.2 Å². The third kappa shape index (κ3) is 3.48. The van der Waals surface area contributed by atoms with Gasteiger partial charge in [0.2, 0.25) is 0 Å². The first kappa shape index (κ1) is 19.8. The number of urea groups is 1. The van der Waals surface area contributed by atoms with Crippen molar-refractivity contribution in [2.45, 2.75) is 18.5 Å². The molecule has 0 unspecified atom stereocenters. The van der Waals surface area contributed by atoms with Crippen LogP contribution in [0.2, 0.25) is 0 Å². The van der Waals surface area contributed by atoms with Crippen molar-refractivity contribution in [1.29, 1.82) is 0 Å². The summed E-state index contributed by atoms with van der Waals surface area (Å²) in [6.07, 6.45) is 3.07. The number of carbonyl (C=O) groups excluding carboxylic acids is 2. The molecule has 2 atom stereocenters. The molecule has 0 saturated carbocycles. The van der Waals surface area contributed by atoms with Crippen molar-refractivity contribution < 1.29 is 56.5 Å². The summed E-state index contributed by atoms with van der Waals surface area (Å²) in [5, 5.41) is 2.67. The minimum absolute atomic E-state index is 0. The number of hydrogen-bond acceptors (Lipinski definition) is 7. The van der Waals surface area contributed by atoms with Gasteiger partial charge >= 0.3 is 35.6 Å². The number of fused-ring (bicyclic) bond motifs is 1. The average Bonchev–Trinajstić information content (AvgIpc) is 3.21. The first-order chi connectivity index (χ1) is 12.4. The van der Waals surface area contributed by atoms with E-state index in [0.29, 0.717) is 21.3 Å². The van der Waals surface area contributed by atoms with E-state index in [-0.39, 0.29) is 42.5 Å². The number of anilines is 1. The maximum Gasteiger partial charge on any atom is 1.00 e. The van der Waals surface area contributed by atoms with Crippen molar-refractivity contribution in [3.05, 3.63) is 36.9 Å². The Morgan fingerprint density at radius 2 is 2.15 bits per heavy atom. The molecule has 1 aromatic heterocycles. The predicted octanol–water partition coefficient (Wildman–Crippen LogP) is -2.38. The number of β-lactam (4-membered cyclic amide) rings is 1. The smallest absolute Gasteiger partial charge is 0.731 e. The second kappa shape index (κ2) is 7.24. The molecule has 0 radical (unpaired) electrons. The van der Waals surface area contributed by atoms with E-state index >= 15 is 0 Å². The maximum atomic E-state index is 12.5. The molecule has 2 aromatic rings. The molecule has 2 saturated heterocycles. The van der Waals surface area contributed by atoms with E-state index in [2.05, 4.69) is 10.3 Å². The summed E-state index contributed by atoms with van der Waals surface area (Å²) in [7, 11) is -4.85. The molecule has 2 fully saturated rings. The first-order valence-electron chi connectivity index (χ1n) is 7.72. The molecule has 1 aromatic carbocycles. The Morgan fingerprint density at radius 3 is 2.81 bits per heavy atom. The van der Waals surface area contributed by atoms with Crippen molar-refractivity contribution in [3.8, 4) is 11.3 Å². The van der Waals surface area contributed by atoms with Crippen molar-refractivity contribution in [2.24, 2.45) is 0 Å². The summed E-state index contributed by atoms with van der Waals surface area (Å²) in [5.74, 6) is -0.333. The number of likely N-dealkylation sites (tertiary alicyclic amines) is 1. The molecule has 27 heavy (non-hydrogen) atoms. The number of amides is 3. The van der Waals surface area contributed by atoms with Crippen LogP contribution >= 0.6 is 0 Å². The Hall–Kier alpha value is -1.92. The molecule has 0 spiro atoms. The molecule has 2 aliphatic rings. The molecule has 3 heterocycles. The van der Waals surface area contributed by atoms with E-state index in [1.54, 1.807) is 24.3 Å². The Labute approximate surface area is 176 Å². The van der Waals surface area contributed by atoms with Crippen molar-refractivity contribution >= 4 is 27.9 Å². The minimum Gasteiger partial charge on any atom is -0.731 e. The van der Waals surface area contributed by atoms with Crippen LogP contribution in [0.1, 0.15) is 6.42 Å². The van der Waals surface area contributed by atoms with Crippen LogP contribution in [0.3, 0.4) is 0 Å². The van der Waals surface area contributed by atoms with Gasteiger partial charge in [0.1, 0.15) is 6.04 Å². The Morgan fingerprint density at radius 1 is 1.37 bits per heavy atom. The molecule has 2 aliphatic heterocycles. The number of nitrogens with zero attached hydrogens (tertiary/aromatic N) is 3. The van der Waals surface area contributed by atoms with Crippen molar-refractivity contribution in [3.63, 3.8) is 0 Å². The third-order valence-corrected chi connectivity index (χ3v) is 5.40. The predicted molar refractivity (Wildman–Crippen MR) is 86.4 cm³/mol. The van der Waals surface area contributed by atoms with Crippen LogP contribution in [-0.4, -0.2) is 57.7 Å². The van der Waals surface area contributed by atoms with Gasteiger partial charge in [-0.15, -0.1) is 0 Å². The summed E-state index contributed by atoms with van der Waals surface area (Å²) in [5.41, 5.74) is 1.19. The number of rotatable bonds is 3. The second-order valence-electron chi connectivity index (χ2n) is 5.96. The van der Waals surface area contributed by atoms with E-state index in [9.17, 15) is 22.6 Å². The van der Waals surface area contributed by atoms with Crippen LogP contribution in [0.25, 0.3) is 11.3 Å². The zero-order valence-electron chi connectivity index (χ0n) is 14.2. The normalized spacial score (nSPS) is 21.3. The number of hydrogen-bond donors (Lipinski definition) is 1. The van der Waals surface area contributed by atoms with Gasteiger partial charge in [-0.2, -0.15) is 0 Å². The van der Waals surface area contributed by atoms with E-state index in [0.717, 1.165) is 0 Å². The molecule has 1 N–H and O–H groups in total. The number of carbonyl (C=O) groups is 2. The van der Waals surface area contributed by atoms with Gasteiger partial charge in [-0.1, -0.05) is 12.1 Å². The van der Waals surface area contributed by atoms with Gasteiger partial charge in [-0.05, 0) is 18.6 Å². The first-order valence-corrected chi connectivity index (χ1v) is 9.08. The fourth-order valence-corrected chi connectivity index (χ4v) is 4.22. The monoisotopic (exact) mass is 400 g/mol. The number of benzene rings is 1. The number of oxazole rings is 1. The summed E-state index contributed by atoms with van der Waals surface area (Å²) in [4.78, 5) is 29.5. The molecule has 136 valence electrons. The van der Waals surface area contributed by atoms with Crippen LogP contribution in [0.5, 0.6) is 0 Å². The van der Waals surface area contributed by atoms with Crippen LogP contribution in [0.15, 0.2) is 41.3 Å². The van der Waals surface area contributed by atoms with Gasteiger partial charge in [0.05, 0.1) is 12.2 Å². The van der Waals surface area contributed by atoms with Crippen LogP contribution in [0, 0.1) is 0 Å². The largest absolute Gasteiger partial charge is 1.00 e. The van der Waals surface area contributed by atoms with E-state index in [1.165, 1.54) is 17.5 Å².